The second-order valence-electron chi connectivity index (χ2n) is 5.01. The fourth-order valence-electron chi connectivity index (χ4n) is 2.33. The molecule has 1 saturated heterocycles. The van der Waals surface area contributed by atoms with Crippen LogP contribution in [0, 0.1) is 0 Å². The molecule has 0 aromatic carbocycles. The molecule has 1 N–H and O–H groups in total. The average Bonchev–Trinajstić information content (AvgIpc) is 3.11. The summed E-state index contributed by atoms with van der Waals surface area (Å²) in [6, 6.07) is 1.95. The molecule has 0 aliphatic carbocycles. The molecule has 0 radical (unpaired) electrons. The highest BCUT2D eigenvalue weighted by atomic mass is 32.1. The van der Waals surface area contributed by atoms with Crippen molar-refractivity contribution in [3.8, 4) is 11.4 Å². The number of rotatable bonds is 4. The van der Waals surface area contributed by atoms with Gasteiger partial charge in [-0.25, -0.2) is 0 Å². The third-order valence-corrected chi connectivity index (χ3v) is 4.18. The summed E-state index contributed by atoms with van der Waals surface area (Å²) in [7, 11) is 0. The standard InChI is InChI=1S/C14H18N4O2S/c19-13(18-7-1-5-15-6-8-18)3-2-12-16-14(17-20-12)11-4-9-21-10-11/h4,9-10,15H,1-3,5-8H2. The van der Waals surface area contributed by atoms with Crippen LogP contribution in [0.15, 0.2) is 21.3 Å². The Morgan fingerprint density at radius 3 is 3.24 bits per heavy atom. The van der Waals surface area contributed by atoms with Crippen LogP contribution in [0.4, 0.5) is 0 Å². The molecule has 0 spiro atoms. The van der Waals surface area contributed by atoms with E-state index in [1.165, 1.54) is 0 Å². The quantitative estimate of drug-likeness (QED) is 0.928. The van der Waals surface area contributed by atoms with Crippen molar-refractivity contribution in [2.24, 2.45) is 0 Å². The molecule has 112 valence electrons. The first-order valence-electron chi connectivity index (χ1n) is 7.16. The summed E-state index contributed by atoms with van der Waals surface area (Å²) in [6.45, 7) is 3.46. The maximum Gasteiger partial charge on any atom is 0.227 e. The first-order chi connectivity index (χ1) is 10.3. The Morgan fingerprint density at radius 2 is 2.38 bits per heavy atom. The average molecular weight is 306 g/mol. The van der Waals surface area contributed by atoms with Gasteiger partial charge < -0.3 is 14.7 Å². The minimum Gasteiger partial charge on any atom is -0.341 e. The maximum atomic E-state index is 12.2. The van der Waals surface area contributed by atoms with Crippen LogP contribution in [-0.2, 0) is 11.2 Å². The molecule has 2 aromatic rings. The van der Waals surface area contributed by atoms with Gasteiger partial charge in [0.25, 0.3) is 0 Å². The Bertz CT molecular complexity index is 574. The van der Waals surface area contributed by atoms with Gasteiger partial charge in [0, 0.05) is 43.4 Å². The largest absolute Gasteiger partial charge is 0.341 e. The Morgan fingerprint density at radius 1 is 1.43 bits per heavy atom. The second-order valence-corrected chi connectivity index (χ2v) is 5.79. The highest BCUT2D eigenvalue weighted by Gasteiger charge is 2.17. The van der Waals surface area contributed by atoms with E-state index in [0.717, 1.165) is 38.2 Å². The summed E-state index contributed by atoms with van der Waals surface area (Å²) in [5, 5.41) is 11.2. The van der Waals surface area contributed by atoms with Crippen molar-refractivity contribution in [3.05, 3.63) is 22.7 Å². The summed E-state index contributed by atoms with van der Waals surface area (Å²) in [4.78, 5) is 18.4. The van der Waals surface area contributed by atoms with Gasteiger partial charge in [-0.2, -0.15) is 16.3 Å². The van der Waals surface area contributed by atoms with Gasteiger partial charge in [-0.05, 0) is 24.4 Å². The molecule has 1 fully saturated rings. The lowest BCUT2D eigenvalue weighted by Gasteiger charge is -2.19. The zero-order valence-electron chi connectivity index (χ0n) is 11.7. The highest BCUT2D eigenvalue weighted by molar-refractivity contribution is 7.08. The van der Waals surface area contributed by atoms with Crippen molar-refractivity contribution in [3.63, 3.8) is 0 Å². The molecule has 3 heterocycles. The van der Waals surface area contributed by atoms with Gasteiger partial charge in [-0.15, -0.1) is 0 Å². The maximum absolute atomic E-state index is 12.2. The SMILES string of the molecule is O=C(CCc1nc(-c2ccsc2)no1)N1CCCNCC1. The van der Waals surface area contributed by atoms with Crippen molar-refractivity contribution in [1.29, 1.82) is 0 Å². The zero-order chi connectivity index (χ0) is 14.5. The predicted molar refractivity (Wildman–Crippen MR) is 80.0 cm³/mol. The van der Waals surface area contributed by atoms with Gasteiger partial charge in [-0.1, -0.05) is 5.16 Å². The summed E-state index contributed by atoms with van der Waals surface area (Å²) in [5.74, 6) is 1.28. The van der Waals surface area contributed by atoms with Crippen LogP contribution in [0.2, 0.25) is 0 Å². The van der Waals surface area contributed by atoms with Crippen molar-refractivity contribution in [2.45, 2.75) is 19.3 Å². The van der Waals surface area contributed by atoms with E-state index < -0.39 is 0 Å². The van der Waals surface area contributed by atoms with Gasteiger partial charge in [0.1, 0.15) is 0 Å². The molecule has 0 atom stereocenters. The Kier molecular flexibility index (Phi) is 4.62. The third-order valence-electron chi connectivity index (χ3n) is 3.49. The number of nitrogens with one attached hydrogen (secondary N) is 1. The van der Waals surface area contributed by atoms with E-state index in [1.54, 1.807) is 11.3 Å². The summed E-state index contributed by atoms with van der Waals surface area (Å²) < 4.78 is 5.21. The minimum atomic E-state index is 0.161. The van der Waals surface area contributed by atoms with Gasteiger partial charge in [0.15, 0.2) is 0 Å². The number of hydrogen-bond acceptors (Lipinski definition) is 6. The van der Waals surface area contributed by atoms with E-state index in [2.05, 4.69) is 15.5 Å². The number of thiophene rings is 1. The van der Waals surface area contributed by atoms with Gasteiger partial charge in [0.2, 0.25) is 17.6 Å². The van der Waals surface area contributed by atoms with Crippen LogP contribution in [0.1, 0.15) is 18.7 Å². The molecule has 3 rings (SSSR count). The van der Waals surface area contributed by atoms with E-state index >= 15 is 0 Å². The number of aromatic nitrogens is 2. The molecule has 0 saturated carbocycles. The lowest BCUT2D eigenvalue weighted by Crippen LogP contribution is -2.34. The number of carbonyl (C=O) groups excluding carboxylic acids is 1. The molecule has 2 aromatic heterocycles. The van der Waals surface area contributed by atoms with Crippen LogP contribution < -0.4 is 5.32 Å². The summed E-state index contributed by atoms with van der Waals surface area (Å²) >= 11 is 1.59. The first kappa shape index (κ1) is 14.2. The Labute approximate surface area is 127 Å². The summed E-state index contributed by atoms with van der Waals surface area (Å²) in [5.41, 5.74) is 0.958. The fraction of sp³-hybridized carbons (Fsp3) is 0.500. The van der Waals surface area contributed by atoms with Crippen LogP contribution in [0.5, 0.6) is 0 Å². The van der Waals surface area contributed by atoms with Crippen molar-refractivity contribution in [1.82, 2.24) is 20.4 Å². The van der Waals surface area contributed by atoms with Crippen molar-refractivity contribution >= 4 is 17.2 Å². The molecule has 0 bridgehead atoms. The highest BCUT2D eigenvalue weighted by Crippen LogP contribution is 2.19. The normalized spacial score (nSPS) is 15.9. The second kappa shape index (κ2) is 6.82. The van der Waals surface area contributed by atoms with Crippen LogP contribution in [-0.4, -0.2) is 47.1 Å². The lowest BCUT2D eigenvalue weighted by atomic mass is 10.2. The van der Waals surface area contributed by atoms with E-state index in [-0.39, 0.29) is 5.91 Å². The van der Waals surface area contributed by atoms with Gasteiger partial charge in [0.05, 0.1) is 0 Å². The first-order valence-corrected chi connectivity index (χ1v) is 8.11. The number of carbonyl (C=O) groups is 1. The van der Waals surface area contributed by atoms with E-state index in [4.69, 9.17) is 4.52 Å². The number of hydrogen-bond donors (Lipinski definition) is 1. The fourth-order valence-corrected chi connectivity index (χ4v) is 2.97. The van der Waals surface area contributed by atoms with E-state index in [0.29, 0.717) is 24.6 Å². The molecule has 1 aliphatic heterocycles. The minimum absolute atomic E-state index is 0.161. The van der Waals surface area contributed by atoms with Crippen LogP contribution >= 0.6 is 11.3 Å². The van der Waals surface area contributed by atoms with Crippen molar-refractivity contribution < 1.29 is 9.32 Å². The van der Waals surface area contributed by atoms with E-state index in [1.807, 2.05) is 21.7 Å². The number of nitrogens with zero attached hydrogens (tertiary/aromatic N) is 3. The lowest BCUT2D eigenvalue weighted by molar-refractivity contribution is -0.131. The molecule has 7 heteroatoms. The van der Waals surface area contributed by atoms with E-state index in [9.17, 15) is 4.79 Å². The molecule has 6 nitrogen and oxygen atoms in total. The molecule has 21 heavy (non-hydrogen) atoms. The van der Waals surface area contributed by atoms with Crippen molar-refractivity contribution in [2.75, 3.05) is 26.2 Å². The van der Waals surface area contributed by atoms with Gasteiger partial charge >= 0.3 is 0 Å². The predicted octanol–water partition coefficient (Wildman–Crippen LogP) is 1.55. The topological polar surface area (TPSA) is 71.3 Å². The molecule has 0 unspecified atom stereocenters. The molecular formula is C14H18N4O2S. The van der Waals surface area contributed by atoms with Crippen LogP contribution in [0.3, 0.4) is 0 Å². The Balaban J connectivity index is 1.54. The Hall–Kier alpha value is -1.73. The van der Waals surface area contributed by atoms with Gasteiger partial charge in [-0.3, -0.25) is 4.79 Å². The number of aryl methyl sites for hydroxylation is 1. The zero-order valence-corrected chi connectivity index (χ0v) is 12.6. The monoisotopic (exact) mass is 306 g/mol. The molecular weight excluding hydrogens is 288 g/mol. The summed E-state index contributed by atoms with van der Waals surface area (Å²) in [6.07, 6.45) is 1.93. The molecule has 1 amide bonds. The molecule has 1 aliphatic rings. The third kappa shape index (κ3) is 3.68. The van der Waals surface area contributed by atoms with Crippen LogP contribution in [0.25, 0.3) is 11.4 Å². The smallest absolute Gasteiger partial charge is 0.227 e. The number of amides is 1.